The van der Waals surface area contributed by atoms with Crippen LogP contribution in [-0.2, 0) is 12.8 Å². The fourth-order valence-electron chi connectivity index (χ4n) is 3.05. The lowest BCUT2D eigenvalue weighted by atomic mass is 9.93. The monoisotopic (exact) mass is 225 g/mol. The summed E-state index contributed by atoms with van der Waals surface area (Å²) < 4.78 is 2.56. The predicted octanol–water partition coefficient (Wildman–Crippen LogP) is 4.22. The van der Waals surface area contributed by atoms with E-state index in [0.29, 0.717) is 6.04 Å². The van der Waals surface area contributed by atoms with Crippen LogP contribution >= 0.6 is 0 Å². The molecule has 1 atom stereocenters. The van der Waals surface area contributed by atoms with Crippen LogP contribution in [-0.4, -0.2) is 4.57 Å². The molecule has 0 fully saturated rings. The summed E-state index contributed by atoms with van der Waals surface area (Å²) in [6.45, 7) is 4.54. The van der Waals surface area contributed by atoms with Gasteiger partial charge in [0.25, 0.3) is 0 Å². The topological polar surface area (TPSA) is 4.93 Å². The standard InChI is InChI=1S/C16H19N/c1-3-13-9-10-16-15-8-6-5-7-12(15)11-14(4-2)17(13)16/h5-10,14H,3-4,11H2,1-2H3. The van der Waals surface area contributed by atoms with Crippen LogP contribution in [0.5, 0.6) is 0 Å². The van der Waals surface area contributed by atoms with Gasteiger partial charge in [-0.15, -0.1) is 0 Å². The van der Waals surface area contributed by atoms with Crippen molar-refractivity contribution in [3.8, 4) is 11.3 Å². The molecule has 0 spiro atoms. The summed E-state index contributed by atoms with van der Waals surface area (Å²) in [5, 5.41) is 0. The maximum absolute atomic E-state index is 2.56. The van der Waals surface area contributed by atoms with Gasteiger partial charge in [-0.3, -0.25) is 0 Å². The molecule has 17 heavy (non-hydrogen) atoms. The Hall–Kier alpha value is -1.50. The summed E-state index contributed by atoms with van der Waals surface area (Å²) in [6, 6.07) is 14.1. The second kappa shape index (κ2) is 4.06. The average Bonchev–Trinajstić information content (AvgIpc) is 2.82. The number of hydrogen-bond acceptors (Lipinski definition) is 0. The lowest BCUT2D eigenvalue weighted by Gasteiger charge is -2.29. The van der Waals surface area contributed by atoms with Gasteiger partial charge in [-0.1, -0.05) is 38.1 Å². The van der Waals surface area contributed by atoms with Gasteiger partial charge < -0.3 is 4.57 Å². The molecule has 1 aliphatic rings. The van der Waals surface area contributed by atoms with Gasteiger partial charge >= 0.3 is 0 Å². The summed E-state index contributed by atoms with van der Waals surface area (Å²) in [5.74, 6) is 0. The molecule has 0 aliphatic carbocycles. The Morgan fingerprint density at radius 2 is 1.94 bits per heavy atom. The minimum Gasteiger partial charge on any atom is -0.341 e. The largest absolute Gasteiger partial charge is 0.341 e. The van der Waals surface area contributed by atoms with Gasteiger partial charge in [0, 0.05) is 23.0 Å². The summed E-state index contributed by atoms with van der Waals surface area (Å²) in [4.78, 5) is 0. The molecule has 1 heteroatoms. The van der Waals surface area contributed by atoms with E-state index in [1.165, 1.54) is 35.4 Å². The van der Waals surface area contributed by atoms with Crippen LogP contribution in [0.4, 0.5) is 0 Å². The second-order valence-corrected chi connectivity index (χ2v) is 4.86. The molecular formula is C16H19N. The van der Waals surface area contributed by atoms with Gasteiger partial charge in [-0.25, -0.2) is 0 Å². The summed E-state index contributed by atoms with van der Waals surface area (Å²) in [5.41, 5.74) is 5.82. The highest BCUT2D eigenvalue weighted by Crippen LogP contribution is 2.37. The van der Waals surface area contributed by atoms with E-state index in [2.05, 4.69) is 54.8 Å². The highest BCUT2D eigenvalue weighted by atomic mass is 15.0. The van der Waals surface area contributed by atoms with Gasteiger partial charge in [0.05, 0.1) is 0 Å². The Morgan fingerprint density at radius 1 is 1.12 bits per heavy atom. The third-order valence-corrected chi connectivity index (χ3v) is 3.95. The lowest BCUT2D eigenvalue weighted by Crippen LogP contribution is -2.19. The molecule has 1 aromatic heterocycles. The molecule has 1 nitrogen and oxygen atoms in total. The predicted molar refractivity (Wildman–Crippen MR) is 72.3 cm³/mol. The fraction of sp³-hybridized carbons (Fsp3) is 0.375. The van der Waals surface area contributed by atoms with Crippen molar-refractivity contribution in [3.63, 3.8) is 0 Å². The normalized spacial score (nSPS) is 17.6. The first-order chi connectivity index (χ1) is 8.35. The van der Waals surface area contributed by atoms with Gasteiger partial charge in [-0.05, 0) is 37.0 Å². The van der Waals surface area contributed by atoms with Crippen molar-refractivity contribution in [2.45, 2.75) is 39.2 Å². The molecule has 2 aromatic rings. The number of fused-ring (bicyclic) bond motifs is 3. The minimum absolute atomic E-state index is 0.643. The Labute approximate surface area is 103 Å². The van der Waals surface area contributed by atoms with Crippen molar-refractivity contribution in [2.24, 2.45) is 0 Å². The molecule has 0 amide bonds. The van der Waals surface area contributed by atoms with Crippen molar-refractivity contribution in [1.29, 1.82) is 0 Å². The smallest absolute Gasteiger partial charge is 0.0488 e. The number of rotatable bonds is 2. The van der Waals surface area contributed by atoms with Crippen molar-refractivity contribution in [1.82, 2.24) is 4.57 Å². The number of nitrogens with zero attached hydrogens (tertiary/aromatic N) is 1. The quantitative estimate of drug-likeness (QED) is 0.721. The van der Waals surface area contributed by atoms with E-state index in [1.807, 2.05) is 0 Å². The SMILES string of the molecule is CCc1ccc2n1C(CC)Cc1ccccc1-2. The van der Waals surface area contributed by atoms with E-state index in [4.69, 9.17) is 0 Å². The summed E-state index contributed by atoms with van der Waals surface area (Å²) in [7, 11) is 0. The third kappa shape index (κ3) is 1.53. The number of aryl methyl sites for hydroxylation is 1. The highest BCUT2D eigenvalue weighted by Gasteiger charge is 2.24. The molecule has 0 radical (unpaired) electrons. The molecular weight excluding hydrogens is 206 g/mol. The van der Waals surface area contributed by atoms with Gasteiger partial charge in [0.15, 0.2) is 0 Å². The van der Waals surface area contributed by atoms with E-state index in [-0.39, 0.29) is 0 Å². The van der Waals surface area contributed by atoms with Crippen LogP contribution in [0.1, 0.15) is 37.6 Å². The van der Waals surface area contributed by atoms with Crippen LogP contribution in [0.3, 0.4) is 0 Å². The van der Waals surface area contributed by atoms with Gasteiger partial charge in [0.1, 0.15) is 0 Å². The van der Waals surface area contributed by atoms with E-state index >= 15 is 0 Å². The second-order valence-electron chi connectivity index (χ2n) is 4.86. The highest BCUT2D eigenvalue weighted by molar-refractivity contribution is 5.67. The molecule has 0 saturated heterocycles. The lowest BCUT2D eigenvalue weighted by molar-refractivity contribution is 0.466. The minimum atomic E-state index is 0.643. The van der Waals surface area contributed by atoms with Crippen LogP contribution in [0.25, 0.3) is 11.3 Å². The third-order valence-electron chi connectivity index (χ3n) is 3.95. The van der Waals surface area contributed by atoms with Crippen molar-refractivity contribution >= 4 is 0 Å². The Balaban J connectivity index is 2.22. The van der Waals surface area contributed by atoms with Gasteiger partial charge in [0.2, 0.25) is 0 Å². The maximum Gasteiger partial charge on any atom is 0.0488 e. The number of aromatic nitrogens is 1. The average molecular weight is 225 g/mol. The molecule has 2 heterocycles. The first-order valence-electron chi connectivity index (χ1n) is 6.63. The van der Waals surface area contributed by atoms with Crippen molar-refractivity contribution in [2.75, 3.05) is 0 Å². The van der Waals surface area contributed by atoms with Gasteiger partial charge in [-0.2, -0.15) is 0 Å². The van der Waals surface area contributed by atoms with Crippen LogP contribution in [0.15, 0.2) is 36.4 Å². The first-order valence-corrected chi connectivity index (χ1v) is 6.63. The van der Waals surface area contributed by atoms with Crippen molar-refractivity contribution < 1.29 is 0 Å². The van der Waals surface area contributed by atoms with Crippen LogP contribution < -0.4 is 0 Å². The molecule has 1 aromatic carbocycles. The molecule has 0 saturated carbocycles. The maximum atomic E-state index is 2.56. The molecule has 1 aliphatic heterocycles. The number of hydrogen-bond donors (Lipinski definition) is 0. The zero-order valence-corrected chi connectivity index (χ0v) is 10.6. The number of benzene rings is 1. The van der Waals surface area contributed by atoms with E-state index in [1.54, 1.807) is 0 Å². The molecule has 0 N–H and O–H groups in total. The first kappa shape index (κ1) is 10.6. The van der Waals surface area contributed by atoms with E-state index < -0.39 is 0 Å². The Morgan fingerprint density at radius 3 is 2.71 bits per heavy atom. The molecule has 1 unspecified atom stereocenters. The van der Waals surface area contributed by atoms with E-state index in [0.717, 1.165) is 6.42 Å². The fourth-order valence-corrected chi connectivity index (χ4v) is 3.05. The summed E-state index contributed by atoms with van der Waals surface area (Å²) in [6.07, 6.45) is 3.52. The molecule has 88 valence electrons. The molecule has 3 rings (SSSR count). The zero-order chi connectivity index (χ0) is 11.8. The zero-order valence-electron chi connectivity index (χ0n) is 10.6. The summed E-state index contributed by atoms with van der Waals surface area (Å²) >= 11 is 0. The van der Waals surface area contributed by atoms with Crippen molar-refractivity contribution in [3.05, 3.63) is 47.7 Å². The van der Waals surface area contributed by atoms with E-state index in [9.17, 15) is 0 Å². The van der Waals surface area contributed by atoms with Crippen LogP contribution in [0.2, 0.25) is 0 Å². The van der Waals surface area contributed by atoms with Crippen LogP contribution in [0, 0.1) is 0 Å². The molecule has 0 bridgehead atoms. The Bertz CT molecular complexity index is 536. The Kier molecular flexibility index (Phi) is 2.54.